The van der Waals surface area contributed by atoms with E-state index in [0.717, 1.165) is 38.3 Å². The first-order valence-corrected chi connectivity index (χ1v) is 9.98. The molecule has 3 heterocycles. The summed E-state index contributed by atoms with van der Waals surface area (Å²) in [6.07, 6.45) is 9.14. The summed E-state index contributed by atoms with van der Waals surface area (Å²) in [6, 6.07) is 0. The van der Waals surface area contributed by atoms with Crippen LogP contribution in [0.2, 0.25) is 0 Å². The average molecular weight is 345 g/mol. The van der Waals surface area contributed by atoms with Gasteiger partial charge in [-0.1, -0.05) is 12.8 Å². The molecule has 1 aliphatic carbocycles. The molecule has 0 amide bonds. The fraction of sp³-hybridized carbons (Fsp3) is 0.789. The molecule has 1 aromatic rings. The summed E-state index contributed by atoms with van der Waals surface area (Å²) in [5, 5.41) is 7.23. The smallest absolute Gasteiger partial charge is 0.132 e. The van der Waals surface area contributed by atoms with E-state index in [1.54, 1.807) is 6.33 Å². The van der Waals surface area contributed by atoms with Crippen LogP contribution in [0.4, 0.5) is 5.82 Å². The normalized spacial score (nSPS) is 24.7. The number of likely N-dealkylation sites (N-methyl/N-ethyl adjacent to an activating group) is 1. The molecular formula is C19H32N6. The van der Waals surface area contributed by atoms with Gasteiger partial charge in [0.15, 0.2) is 0 Å². The topological polar surface area (TPSA) is 56.3 Å². The van der Waals surface area contributed by atoms with E-state index < -0.39 is 0 Å². The Morgan fingerprint density at radius 1 is 1.08 bits per heavy atom. The molecule has 25 heavy (non-hydrogen) atoms. The molecule has 1 saturated heterocycles. The summed E-state index contributed by atoms with van der Waals surface area (Å²) in [4.78, 5) is 14.3. The summed E-state index contributed by atoms with van der Waals surface area (Å²) in [7, 11) is 2.24. The van der Waals surface area contributed by atoms with Crippen LogP contribution in [-0.4, -0.2) is 78.2 Å². The molecule has 0 bridgehead atoms. The Morgan fingerprint density at radius 3 is 2.64 bits per heavy atom. The Bertz CT molecular complexity index is 575. The van der Waals surface area contributed by atoms with Gasteiger partial charge in [0.1, 0.15) is 12.1 Å². The lowest BCUT2D eigenvalue weighted by Gasteiger charge is -2.45. The van der Waals surface area contributed by atoms with Crippen LogP contribution in [0.25, 0.3) is 0 Å². The molecule has 3 aliphatic rings. The Kier molecular flexibility index (Phi) is 5.20. The van der Waals surface area contributed by atoms with Crippen molar-refractivity contribution in [1.82, 2.24) is 25.1 Å². The molecule has 0 aromatic carbocycles. The predicted molar refractivity (Wildman–Crippen MR) is 101 cm³/mol. The first-order valence-electron chi connectivity index (χ1n) is 9.98. The Hall–Kier alpha value is -1.24. The number of aromatic nitrogens is 2. The van der Waals surface area contributed by atoms with Crippen LogP contribution in [0.1, 0.15) is 36.9 Å². The SMILES string of the molecule is CN1CCN(C2(CNc3ncnc4c3CCNCC4)CCCC2)CC1. The molecule has 2 aliphatic heterocycles. The van der Waals surface area contributed by atoms with Crippen LogP contribution in [0.15, 0.2) is 6.33 Å². The minimum atomic E-state index is 0.322. The second kappa shape index (κ2) is 7.56. The number of nitrogens with zero attached hydrogens (tertiary/aromatic N) is 4. The second-order valence-corrected chi connectivity index (χ2v) is 7.97. The number of hydrogen-bond acceptors (Lipinski definition) is 6. The third-order valence-electron chi connectivity index (χ3n) is 6.42. The van der Waals surface area contributed by atoms with Crippen molar-refractivity contribution < 1.29 is 0 Å². The summed E-state index contributed by atoms with van der Waals surface area (Å²) in [5.41, 5.74) is 2.88. The highest BCUT2D eigenvalue weighted by Gasteiger charge is 2.40. The lowest BCUT2D eigenvalue weighted by molar-refractivity contribution is 0.0510. The molecule has 138 valence electrons. The van der Waals surface area contributed by atoms with Gasteiger partial charge in [-0.25, -0.2) is 9.97 Å². The fourth-order valence-corrected chi connectivity index (χ4v) is 4.79. The van der Waals surface area contributed by atoms with Crippen molar-refractivity contribution >= 4 is 5.82 Å². The summed E-state index contributed by atoms with van der Waals surface area (Å²) in [5.74, 6) is 1.08. The van der Waals surface area contributed by atoms with E-state index in [-0.39, 0.29) is 0 Å². The minimum Gasteiger partial charge on any atom is -0.368 e. The van der Waals surface area contributed by atoms with Crippen molar-refractivity contribution in [2.24, 2.45) is 0 Å². The van der Waals surface area contributed by atoms with Crippen molar-refractivity contribution in [1.29, 1.82) is 0 Å². The van der Waals surface area contributed by atoms with Crippen LogP contribution in [0.3, 0.4) is 0 Å². The maximum atomic E-state index is 4.61. The van der Waals surface area contributed by atoms with Crippen LogP contribution in [0.5, 0.6) is 0 Å². The monoisotopic (exact) mass is 344 g/mol. The molecule has 0 spiro atoms. The average Bonchev–Trinajstić information content (AvgIpc) is 2.98. The van der Waals surface area contributed by atoms with Crippen molar-refractivity contribution in [2.75, 3.05) is 58.2 Å². The lowest BCUT2D eigenvalue weighted by Crippen LogP contribution is -2.58. The van der Waals surface area contributed by atoms with Crippen LogP contribution in [-0.2, 0) is 12.8 Å². The van der Waals surface area contributed by atoms with Gasteiger partial charge in [0.25, 0.3) is 0 Å². The van der Waals surface area contributed by atoms with Gasteiger partial charge in [-0.3, -0.25) is 4.90 Å². The quantitative estimate of drug-likeness (QED) is 0.854. The zero-order valence-corrected chi connectivity index (χ0v) is 15.6. The van der Waals surface area contributed by atoms with Gasteiger partial charge >= 0.3 is 0 Å². The van der Waals surface area contributed by atoms with E-state index in [9.17, 15) is 0 Å². The molecule has 6 nitrogen and oxygen atoms in total. The zero-order chi connectivity index (χ0) is 17.1. The second-order valence-electron chi connectivity index (χ2n) is 7.97. The van der Waals surface area contributed by atoms with Gasteiger partial charge in [-0.2, -0.15) is 0 Å². The molecule has 2 fully saturated rings. The summed E-state index contributed by atoms with van der Waals surface area (Å²) in [6.45, 7) is 7.85. The van der Waals surface area contributed by atoms with Crippen LogP contribution in [0, 0.1) is 0 Å². The number of nitrogens with one attached hydrogen (secondary N) is 2. The highest BCUT2D eigenvalue weighted by atomic mass is 15.3. The van der Waals surface area contributed by atoms with E-state index in [2.05, 4.69) is 37.4 Å². The van der Waals surface area contributed by atoms with Gasteiger partial charge in [0, 0.05) is 56.8 Å². The third-order valence-corrected chi connectivity index (χ3v) is 6.42. The van der Waals surface area contributed by atoms with E-state index >= 15 is 0 Å². The van der Waals surface area contributed by atoms with E-state index in [1.165, 1.54) is 63.1 Å². The minimum absolute atomic E-state index is 0.322. The Labute approximate surface area is 151 Å². The Morgan fingerprint density at radius 2 is 1.84 bits per heavy atom. The van der Waals surface area contributed by atoms with Crippen molar-refractivity contribution in [3.8, 4) is 0 Å². The maximum Gasteiger partial charge on any atom is 0.132 e. The van der Waals surface area contributed by atoms with Gasteiger partial charge in [-0.05, 0) is 32.9 Å². The largest absolute Gasteiger partial charge is 0.368 e. The highest BCUT2D eigenvalue weighted by molar-refractivity contribution is 5.47. The standard InChI is InChI=1S/C19H32N6/c1-24-10-12-25(13-11-24)19(6-2-3-7-19)14-21-18-16-4-8-20-9-5-17(16)22-15-23-18/h15,20H,2-14H2,1H3,(H,21,22,23). The summed E-state index contributed by atoms with van der Waals surface area (Å²) >= 11 is 0. The molecular weight excluding hydrogens is 312 g/mol. The molecule has 1 saturated carbocycles. The van der Waals surface area contributed by atoms with E-state index in [0.29, 0.717) is 5.54 Å². The molecule has 2 N–H and O–H groups in total. The van der Waals surface area contributed by atoms with Crippen LogP contribution < -0.4 is 10.6 Å². The number of rotatable bonds is 4. The van der Waals surface area contributed by atoms with Crippen molar-refractivity contribution in [3.05, 3.63) is 17.6 Å². The summed E-state index contributed by atoms with van der Waals surface area (Å²) < 4.78 is 0. The lowest BCUT2D eigenvalue weighted by atomic mass is 9.93. The first kappa shape index (κ1) is 17.2. The molecule has 0 atom stereocenters. The molecule has 0 radical (unpaired) electrons. The molecule has 6 heteroatoms. The molecule has 1 aromatic heterocycles. The fourth-order valence-electron chi connectivity index (χ4n) is 4.79. The van der Waals surface area contributed by atoms with Gasteiger partial charge in [-0.15, -0.1) is 0 Å². The molecule has 0 unspecified atom stereocenters. The van der Waals surface area contributed by atoms with E-state index in [4.69, 9.17) is 0 Å². The third kappa shape index (κ3) is 3.66. The zero-order valence-electron chi connectivity index (χ0n) is 15.6. The van der Waals surface area contributed by atoms with Crippen molar-refractivity contribution in [2.45, 2.75) is 44.1 Å². The Balaban J connectivity index is 1.49. The van der Waals surface area contributed by atoms with Gasteiger partial charge in [0.2, 0.25) is 0 Å². The maximum absolute atomic E-state index is 4.61. The van der Waals surface area contributed by atoms with Gasteiger partial charge in [0.05, 0.1) is 5.69 Å². The van der Waals surface area contributed by atoms with Crippen molar-refractivity contribution in [3.63, 3.8) is 0 Å². The number of anilines is 1. The first-order chi connectivity index (χ1) is 12.3. The predicted octanol–water partition coefficient (Wildman–Crippen LogP) is 1.14. The molecule has 4 rings (SSSR count). The number of hydrogen-bond donors (Lipinski definition) is 2. The highest BCUT2D eigenvalue weighted by Crippen LogP contribution is 2.36. The van der Waals surface area contributed by atoms with E-state index in [1.807, 2.05) is 0 Å². The number of piperazine rings is 1. The van der Waals surface area contributed by atoms with Crippen LogP contribution >= 0.6 is 0 Å². The van der Waals surface area contributed by atoms with Gasteiger partial charge < -0.3 is 15.5 Å². The number of fused-ring (bicyclic) bond motifs is 1.